The highest BCUT2D eigenvalue weighted by Crippen LogP contribution is 2.22. The number of nitrogens with one attached hydrogen (secondary N) is 1. The van der Waals surface area contributed by atoms with Crippen molar-refractivity contribution in [1.29, 1.82) is 5.26 Å². The Kier molecular flexibility index (Phi) is 3.50. The maximum atomic E-state index is 10.2. The van der Waals surface area contributed by atoms with E-state index in [0.717, 1.165) is 11.4 Å². The predicted molar refractivity (Wildman–Crippen MR) is 67.3 cm³/mol. The van der Waals surface area contributed by atoms with Crippen molar-refractivity contribution in [2.45, 2.75) is 25.9 Å². The molecule has 1 aliphatic rings. The maximum Gasteiger partial charge on any atom is 0.107 e. The lowest BCUT2D eigenvalue weighted by molar-refractivity contribution is 0.0382. The van der Waals surface area contributed by atoms with Gasteiger partial charge in [-0.15, -0.1) is 0 Å². The number of nitriles is 1. The van der Waals surface area contributed by atoms with Gasteiger partial charge in [0.1, 0.15) is 11.7 Å². The van der Waals surface area contributed by atoms with Crippen molar-refractivity contribution in [3.05, 3.63) is 23.0 Å². The summed E-state index contributed by atoms with van der Waals surface area (Å²) >= 11 is 0. The first-order valence-electron chi connectivity index (χ1n) is 5.96. The highest BCUT2D eigenvalue weighted by molar-refractivity contribution is 5.60. The van der Waals surface area contributed by atoms with Gasteiger partial charge in [0.2, 0.25) is 0 Å². The zero-order chi connectivity index (χ0) is 13.2. The molecule has 0 saturated carbocycles. The van der Waals surface area contributed by atoms with E-state index in [1.807, 2.05) is 19.9 Å². The maximum absolute atomic E-state index is 10.2. The molecule has 0 bridgehead atoms. The molecule has 1 unspecified atom stereocenters. The Hall–Kier alpha value is -1.64. The van der Waals surface area contributed by atoms with Crippen molar-refractivity contribution in [3.8, 4) is 6.07 Å². The molecule has 1 atom stereocenters. The van der Waals surface area contributed by atoms with Crippen LogP contribution in [0.1, 0.15) is 23.4 Å². The summed E-state index contributed by atoms with van der Waals surface area (Å²) in [6, 6.07) is 3.97. The van der Waals surface area contributed by atoms with Gasteiger partial charge in [-0.1, -0.05) is 0 Å². The average Bonchev–Trinajstić information content (AvgIpc) is 2.73. The number of aromatic nitrogens is 1. The fourth-order valence-electron chi connectivity index (χ4n) is 2.10. The number of nitrogens with zero attached hydrogens (tertiary/aromatic N) is 2. The topological polar surface area (TPSA) is 78.2 Å². The lowest BCUT2D eigenvalue weighted by Gasteiger charge is -2.22. The van der Waals surface area contributed by atoms with E-state index in [9.17, 15) is 5.11 Å². The van der Waals surface area contributed by atoms with E-state index in [1.165, 1.54) is 0 Å². The molecule has 1 fully saturated rings. The molecule has 1 aliphatic heterocycles. The van der Waals surface area contributed by atoms with E-state index < -0.39 is 5.60 Å². The van der Waals surface area contributed by atoms with E-state index >= 15 is 0 Å². The largest absolute Gasteiger partial charge is 0.386 e. The number of aryl methyl sites for hydroxylation is 2. The van der Waals surface area contributed by atoms with Crippen LogP contribution in [0.15, 0.2) is 6.07 Å². The van der Waals surface area contributed by atoms with Gasteiger partial charge in [-0.05, 0) is 19.9 Å². The van der Waals surface area contributed by atoms with Crippen LogP contribution < -0.4 is 5.32 Å². The van der Waals surface area contributed by atoms with Gasteiger partial charge in [0.25, 0.3) is 0 Å². The summed E-state index contributed by atoms with van der Waals surface area (Å²) in [5.41, 5.74) is 1.97. The first-order chi connectivity index (χ1) is 8.54. The van der Waals surface area contributed by atoms with Crippen molar-refractivity contribution >= 4 is 5.69 Å². The van der Waals surface area contributed by atoms with E-state index in [-0.39, 0.29) is 0 Å². The molecule has 1 saturated heterocycles. The number of rotatable bonds is 3. The fraction of sp³-hybridized carbons (Fsp3) is 0.538. The lowest BCUT2D eigenvalue weighted by Crippen LogP contribution is -2.37. The molecule has 0 radical (unpaired) electrons. The Morgan fingerprint density at radius 2 is 2.39 bits per heavy atom. The normalized spacial score (nSPS) is 22.8. The quantitative estimate of drug-likeness (QED) is 0.837. The van der Waals surface area contributed by atoms with E-state index in [4.69, 9.17) is 10.00 Å². The van der Waals surface area contributed by atoms with Gasteiger partial charge in [0, 0.05) is 25.3 Å². The highest BCUT2D eigenvalue weighted by Gasteiger charge is 2.32. The van der Waals surface area contributed by atoms with Gasteiger partial charge in [-0.25, -0.2) is 0 Å². The summed E-state index contributed by atoms with van der Waals surface area (Å²) in [6.07, 6.45) is 0.616. The third kappa shape index (κ3) is 2.61. The first kappa shape index (κ1) is 12.8. The fourth-order valence-corrected chi connectivity index (χ4v) is 2.10. The summed E-state index contributed by atoms with van der Waals surface area (Å²) in [7, 11) is 0. The van der Waals surface area contributed by atoms with Crippen molar-refractivity contribution in [2.75, 3.05) is 25.1 Å². The van der Waals surface area contributed by atoms with Crippen LogP contribution in [0.5, 0.6) is 0 Å². The molecule has 5 heteroatoms. The molecular weight excluding hydrogens is 230 g/mol. The molecule has 2 heterocycles. The smallest absolute Gasteiger partial charge is 0.107 e. The van der Waals surface area contributed by atoms with Crippen LogP contribution in [-0.4, -0.2) is 35.5 Å². The number of hydrogen-bond acceptors (Lipinski definition) is 5. The summed E-state index contributed by atoms with van der Waals surface area (Å²) in [5.74, 6) is 0. The van der Waals surface area contributed by atoms with E-state index in [2.05, 4.69) is 16.4 Å². The van der Waals surface area contributed by atoms with Crippen LogP contribution >= 0.6 is 0 Å². The van der Waals surface area contributed by atoms with Gasteiger partial charge in [0.15, 0.2) is 0 Å². The predicted octanol–water partition coefficient (Wildman–Crippen LogP) is 1.13. The Bertz CT molecular complexity index is 488. The number of aliphatic hydroxyl groups is 1. The Balaban J connectivity index is 2.16. The van der Waals surface area contributed by atoms with Gasteiger partial charge < -0.3 is 15.2 Å². The zero-order valence-electron chi connectivity index (χ0n) is 10.7. The van der Waals surface area contributed by atoms with Crippen molar-refractivity contribution in [3.63, 3.8) is 0 Å². The molecule has 1 aromatic heterocycles. The van der Waals surface area contributed by atoms with Crippen LogP contribution in [0.4, 0.5) is 5.69 Å². The van der Waals surface area contributed by atoms with Crippen molar-refractivity contribution in [2.24, 2.45) is 0 Å². The number of anilines is 1. The molecule has 96 valence electrons. The molecule has 0 spiro atoms. The molecule has 2 N–H and O–H groups in total. The van der Waals surface area contributed by atoms with Gasteiger partial charge in [0.05, 0.1) is 23.6 Å². The van der Waals surface area contributed by atoms with Crippen LogP contribution in [0.3, 0.4) is 0 Å². The van der Waals surface area contributed by atoms with Gasteiger partial charge >= 0.3 is 0 Å². The minimum atomic E-state index is -0.836. The van der Waals surface area contributed by atoms with Crippen molar-refractivity contribution < 1.29 is 9.84 Å². The molecule has 18 heavy (non-hydrogen) atoms. The molecular formula is C13H17N3O2. The number of ether oxygens (including phenoxy) is 1. The van der Waals surface area contributed by atoms with Crippen LogP contribution in [-0.2, 0) is 4.74 Å². The standard InChI is InChI=1S/C13H17N3O2/c1-9-5-12(11(6-14)10(2)16-9)15-7-13(17)3-4-18-8-13/h5,17H,3-4,7-8H2,1-2H3,(H,15,16). The van der Waals surface area contributed by atoms with Crippen LogP contribution in [0.2, 0.25) is 0 Å². The number of hydrogen-bond donors (Lipinski definition) is 2. The summed E-state index contributed by atoms with van der Waals surface area (Å²) in [4.78, 5) is 4.25. The third-order valence-electron chi connectivity index (χ3n) is 3.13. The minimum Gasteiger partial charge on any atom is -0.386 e. The molecule has 0 aromatic carbocycles. The number of pyridine rings is 1. The monoisotopic (exact) mass is 247 g/mol. The van der Waals surface area contributed by atoms with E-state index in [0.29, 0.717) is 37.4 Å². The first-order valence-corrected chi connectivity index (χ1v) is 5.96. The molecule has 2 rings (SSSR count). The second-order valence-electron chi connectivity index (χ2n) is 4.76. The second kappa shape index (κ2) is 4.92. The minimum absolute atomic E-state index is 0.338. The Morgan fingerprint density at radius 3 is 3.00 bits per heavy atom. The Morgan fingerprint density at radius 1 is 1.61 bits per heavy atom. The summed E-state index contributed by atoms with van der Waals surface area (Å²) < 4.78 is 5.19. The molecule has 0 amide bonds. The lowest BCUT2D eigenvalue weighted by atomic mass is 10.0. The van der Waals surface area contributed by atoms with Crippen LogP contribution in [0, 0.1) is 25.2 Å². The zero-order valence-corrected chi connectivity index (χ0v) is 10.7. The van der Waals surface area contributed by atoms with Crippen LogP contribution in [0.25, 0.3) is 0 Å². The van der Waals surface area contributed by atoms with E-state index in [1.54, 1.807) is 0 Å². The van der Waals surface area contributed by atoms with Gasteiger partial charge in [-0.3, -0.25) is 4.98 Å². The SMILES string of the molecule is Cc1cc(NCC2(O)CCOC2)c(C#N)c(C)n1. The van der Waals surface area contributed by atoms with Crippen molar-refractivity contribution in [1.82, 2.24) is 4.98 Å². The van der Waals surface area contributed by atoms with Gasteiger partial charge in [-0.2, -0.15) is 5.26 Å². The second-order valence-corrected chi connectivity index (χ2v) is 4.76. The molecule has 5 nitrogen and oxygen atoms in total. The molecule has 0 aliphatic carbocycles. The third-order valence-corrected chi connectivity index (χ3v) is 3.13. The summed E-state index contributed by atoms with van der Waals surface area (Å²) in [6.45, 7) is 4.99. The highest BCUT2D eigenvalue weighted by atomic mass is 16.5. The molecule has 1 aromatic rings. The average molecular weight is 247 g/mol. The Labute approximate surface area is 106 Å². The summed E-state index contributed by atoms with van der Waals surface area (Å²) in [5, 5.41) is 22.4.